The van der Waals surface area contributed by atoms with Crippen LogP contribution < -0.4 is 4.31 Å². The van der Waals surface area contributed by atoms with E-state index < -0.39 is 10.0 Å². The Labute approximate surface area is 194 Å². The smallest absolute Gasteiger partial charge is 0.308 e. The quantitative estimate of drug-likeness (QED) is 0.593. The number of piperidine rings is 1. The Bertz CT molecular complexity index is 1090. The van der Waals surface area contributed by atoms with E-state index in [1.54, 1.807) is 42.2 Å². The van der Waals surface area contributed by atoms with E-state index >= 15 is 0 Å². The van der Waals surface area contributed by atoms with Gasteiger partial charge in [0.15, 0.2) is 0 Å². The van der Waals surface area contributed by atoms with Crippen molar-refractivity contribution in [3.63, 3.8) is 0 Å². The number of anilines is 1. The summed E-state index contributed by atoms with van der Waals surface area (Å²) < 4.78 is 33.0. The molecular formula is C23H27ClN2O5S. The van der Waals surface area contributed by atoms with Crippen molar-refractivity contribution in [2.45, 2.75) is 31.6 Å². The first-order chi connectivity index (χ1) is 15.1. The van der Waals surface area contributed by atoms with Gasteiger partial charge in [-0.2, -0.15) is 0 Å². The van der Waals surface area contributed by atoms with Gasteiger partial charge in [0.05, 0.1) is 23.6 Å². The van der Waals surface area contributed by atoms with Crippen molar-refractivity contribution >= 4 is 39.2 Å². The van der Waals surface area contributed by atoms with Gasteiger partial charge < -0.3 is 9.64 Å². The lowest BCUT2D eigenvalue weighted by Gasteiger charge is -2.33. The average Bonchev–Trinajstić information content (AvgIpc) is 2.78. The Morgan fingerprint density at radius 1 is 1.09 bits per heavy atom. The number of halogens is 1. The summed E-state index contributed by atoms with van der Waals surface area (Å²) in [7, 11) is -2.67. The summed E-state index contributed by atoms with van der Waals surface area (Å²) in [5.74, 6) is -0.856. The van der Waals surface area contributed by atoms with Crippen molar-refractivity contribution < 1.29 is 22.7 Å². The number of carbonyl (C=O) groups excluding carboxylic acids is 2. The van der Waals surface area contributed by atoms with Gasteiger partial charge in [-0.3, -0.25) is 13.9 Å². The maximum absolute atomic E-state index is 13.6. The molecule has 0 spiro atoms. The van der Waals surface area contributed by atoms with E-state index in [2.05, 4.69) is 0 Å². The number of rotatable bonds is 6. The number of esters is 1. The normalized spacial score (nSPS) is 14.8. The van der Waals surface area contributed by atoms with Gasteiger partial charge in [0, 0.05) is 18.1 Å². The Hall–Kier alpha value is -2.58. The summed E-state index contributed by atoms with van der Waals surface area (Å²) in [4.78, 5) is 26.6. The van der Waals surface area contributed by atoms with Gasteiger partial charge in [-0.05, 0) is 56.5 Å². The molecule has 2 aromatic carbocycles. The van der Waals surface area contributed by atoms with Crippen LogP contribution in [0.2, 0.25) is 5.02 Å². The van der Waals surface area contributed by atoms with Crippen molar-refractivity contribution in [2.75, 3.05) is 31.0 Å². The number of aryl methyl sites for hydroxylation is 2. The van der Waals surface area contributed by atoms with Gasteiger partial charge in [-0.25, -0.2) is 8.42 Å². The van der Waals surface area contributed by atoms with Gasteiger partial charge in [-0.1, -0.05) is 35.4 Å². The zero-order chi connectivity index (χ0) is 23.5. The molecule has 0 atom stereocenters. The zero-order valence-corrected chi connectivity index (χ0v) is 19.9. The first-order valence-electron chi connectivity index (χ1n) is 10.3. The highest BCUT2D eigenvalue weighted by Gasteiger charge is 2.33. The fraction of sp³-hybridized carbons (Fsp3) is 0.391. The molecule has 1 fully saturated rings. The minimum Gasteiger partial charge on any atom is -0.469 e. The molecule has 1 aliphatic heterocycles. The molecular weight excluding hydrogens is 452 g/mol. The van der Waals surface area contributed by atoms with Gasteiger partial charge in [0.2, 0.25) is 5.91 Å². The molecule has 0 bridgehead atoms. The third-order valence-electron chi connectivity index (χ3n) is 5.71. The SMILES string of the molecule is COC(=O)C1CCN(C(=O)CN(c2cc(Cl)ccc2C)S(=O)(=O)c2ccc(C)cc2)CC1. The van der Waals surface area contributed by atoms with E-state index in [1.165, 1.54) is 19.2 Å². The Balaban J connectivity index is 1.90. The second-order valence-electron chi connectivity index (χ2n) is 7.93. The predicted molar refractivity (Wildman–Crippen MR) is 123 cm³/mol. The minimum atomic E-state index is -4.02. The molecule has 1 amide bonds. The number of carbonyl (C=O) groups is 2. The lowest BCUT2D eigenvalue weighted by Crippen LogP contribution is -2.47. The number of hydrogen-bond acceptors (Lipinski definition) is 5. The molecule has 0 radical (unpaired) electrons. The lowest BCUT2D eigenvalue weighted by molar-refractivity contribution is -0.148. The summed E-state index contributed by atoms with van der Waals surface area (Å²) >= 11 is 6.16. The summed E-state index contributed by atoms with van der Waals surface area (Å²) in [6, 6.07) is 11.5. The number of ether oxygens (including phenoxy) is 1. The van der Waals surface area contributed by atoms with Crippen LogP contribution in [0.3, 0.4) is 0 Å². The number of amides is 1. The molecule has 1 aliphatic rings. The van der Waals surface area contributed by atoms with E-state index in [-0.39, 0.29) is 29.2 Å². The van der Waals surface area contributed by atoms with E-state index in [4.69, 9.17) is 16.3 Å². The fourth-order valence-corrected chi connectivity index (χ4v) is 5.38. The first kappa shape index (κ1) is 24.1. The van der Waals surface area contributed by atoms with Crippen LogP contribution in [-0.2, 0) is 24.3 Å². The van der Waals surface area contributed by atoms with Gasteiger partial charge in [-0.15, -0.1) is 0 Å². The monoisotopic (exact) mass is 478 g/mol. The van der Waals surface area contributed by atoms with E-state index in [0.717, 1.165) is 9.87 Å². The highest BCUT2D eigenvalue weighted by molar-refractivity contribution is 7.92. The van der Waals surface area contributed by atoms with Gasteiger partial charge in [0.25, 0.3) is 10.0 Å². The zero-order valence-electron chi connectivity index (χ0n) is 18.4. The van der Waals surface area contributed by atoms with Crippen LogP contribution >= 0.6 is 11.6 Å². The van der Waals surface area contributed by atoms with Gasteiger partial charge in [0.1, 0.15) is 6.54 Å². The molecule has 9 heteroatoms. The molecule has 3 rings (SSSR count). The second-order valence-corrected chi connectivity index (χ2v) is 10.2. The molecule has 7 nitrogen and oxygen atoms in total. The number of sulfonamides is 1. The molecule has 172 valence electrons. The molecule has 1 heterocycles. The highest BCUT2D eigenvalue weighted by Crippen LogP contribution is 2.30. The Morgan fingerprint density at radius 2 is 1.72 bits per heavy atom. The topological polar surface area (TPSA) is 84.0 Å². The predicted octanol–water partition coefficient (Wildman–Crippen LogP) is 3.56. The molecule has 2 aromatic rings. The number of benzene rings is 2. The van der Waals surface area contributed by atoms with Crippen molar-refractivity contribution in [3.05, 3.63) is 58.6 Å². The molecule has 0 aromatic heterocycles. The first-order valence-corrected chi connectivity index (χ1v) is 12.2. The summed E-state index contributed by atoms with van der Waals surface area (Å²) in [6.45, 7) is 4.02. The van der Waals surface area contributed by atoms with Crippen molar-refractivity contribution in [1.29, 1.82) is 0 Å². The average molecular weight is 479 g/mol. The van der Waals surface area contributed by atoms with Crippen LogP contribution in [-0.4, -0.2) is 51.9 Å². The third-order valence-corrected chi connectivity index (χ3v) is 7.72. The fourth-order valence-electron chi connectivity index (χ4n) is 3.74. The highest BCUT2D eigenvalue weighted by atomic mass is 35.5. The van der Waals surface area contributed by atoms with Crippen molar-refractivity contribution in [3.8, 4) is 0 Å². The van der Waals surface area contributed by atoms with E-state index in [1.807, 2.05) is 6.92 Å². The van der Waals surface area contributed by atoms with Crippen LogP contribution in [0.5, 0.6) is 0 Å². The van der Waals surface area contributed by atoms with E-state index in [9.17, 15) is 18.0 Å². The largest absolute Gasteiger partial charge is 0.469 e. The molecule has 1 saturated heterocycles. The third kappa shape index (κ3) is 5.24. The van der Waals surface area contributed by atoms with Gasteiger partial charge >= 0.3 is 5.97 Å². The summed E-state index contributed by atoms with van der Waals surface area (Å²) in [5, 5.41) is 0.376. The Kier molecular flexibility index (Phi) is 7.46. The molecule has 0 aliphatic carbocycles. The molecule has 0 saturated carbocycles. The second kappa shape index (κ2) is 9.92. The maximum Gasteiger partial charge on any atom is 0.308 e. The molecule has 0 unspecified atom stereocenters. The van der Waals surface area contributed by atoms with Crippen molar-refractivity contribution in [1.82, 2.24) is 4.90 Å². The van der Waals surface area contributed by atoms with Crippen LogP contribution in [0.25, 0.3) is 0 Å². The lowest BCUT2D eigenvalue weighted by atomic mass is 9.97. The number of nitrogens with zero attached hydrogens (tertiary/aromatic N) is 2. The molecule has 32 heavy (non-hydrogen) atoms. The summed E-state index contributed by atoms with van der Waals surface area (Å²) in [5.41, 5.74) is 1.97. The van der Waals surface area contributed by atoms with Crippen LogP contribution in [0.1, 0.15) is 24.0 Å². The molecule has 0 N–H and O–H groups in total. The van der Waals surface area contributed by atoms with E-state index in [0.29, 0.717) is 42.2 Å². The standard InChI is InChI=1S/C23H27ClN2O5S/c1-16-4-8-20(9-5-16)32(29,30)26(21-14-19(24)7-6-17(21)2)15-22(27)25-12-10-18(11-13-25)23(28)31-3/h4-9,14,18H,10-13,15H2,1-3H3. The van der Waals surface area contributed by atoms with Crippen LogP contribution in [0.15, 0.2) is 47.4 Å². The van der Waals surface area contributed by atoms with Crippen LogP contribution in [0.4, 0.5) is 5.69 Å². The maximum atomic E-state index is 13.6. The van der Waals surface area contributed by atoms with Crippen LogP contribution in [0, 0.1) is 19.8 Å². The Morgan fingerprint density at radius 3 is 2.31 bits per heavy atom. The summed E-state index contributed by atoms with van der Waals surface area (Å²) in [6.07, 6.45) is 0.971. The minimum absolute atomic E-state index is 0.0969. The number of likely N-dealkylation sites (tertiary alicyclic amines) is 1. The number of hydrogen-bond donors (Lipinski definition) is 0. The number of methoxy groups -OCH3 is 1. The van der Waals surface area contributed by atoms with Crippen molar-refractivity contribution in [2.24, 2.45) is 5.92 Å².